The highest BCUT2D eigenvalue weighted by molar-refractivity contribution is 6.29. The zero-order valence-corrected chi connectivity index (χ0v) is 5.53. The number of aromatic nitrogens is 3. The van der Waals surface area contributed by atoms with Gasteiger partial charge >= 0.3 is 0 Å². The fourth-order valence-electron chi connectivity index (χ4n) is 0.655. The van der Waals surface area contributed by atoms with Crippen molar-refractivity contribution in [3.8, 4) is 0 Å². The SMILES string of the molecule is [2H]c1nc2c([2H])c([2H])[nH]c2nc1Cl. The second-order valence-corrected chi connectivity index (χ2v) is 2.06. The molecule has 0 fully saturated rings. The van der Waals surface area contributed by atoms with Crippen molar-refractivity contribution in [2.24, 2.45) is 0 Å². The molecule has 50 valence electrons. The largest absolute Gasteiger partial charge is 0.345 e. The Bertz CT molecular complexity index is 481. The molecule has 0 aromatic carbocycles. The molecule has 4 heteroatoms. The Morgan fingerprint density at radius 1 is 1.70 bits per heavy atom. The first kappa shape index (κ1) is 3.34. The topological polar surface area (TPSA) is 41.6 Å². The summed E-state index contributed by atoms with van der Waals surface area (Å²) in [6, 6.07) is -0.0623. The normalized spacial score (nSPS) is 14.7. The van der Waals surface area contributed by atoms with E-state index in [4.69, 9.17) is 15.7 Å². The van der Waals surface area contributed by atoms with Gasteiger partial charge < -0.3 is 4.98 Å². The standard InChI is InChI=1S/C6H4ClN3/c7-5-3-9-4-1-2-8-6(4)10-5/h1-3H,(H,8,10)/i1D,2D,3D. The van der Waals surface area contributed by atoms with Crippen LogP contribution in [0.15, 0.2) is 18.4 Å². The molecule has 2 rings (SSSR count). The van der Waals surface area contributed by atoms with Gasteiger partial charge in [-0.25, -0.2) is 9.97 Å². The fraction of sp³-hybridized carbons (Fsp3) is 0. The molecule has 0 spiro atoms. The third kappa shape index (κ3) is 0.752. The molecule has 3 nitrogen and oxygen atoms in total. The molecule has 0 saturated carbocycles. The predicted molar refractivity (Wildman–Crippen MR) is 38.9 cm³/mol. The van der Waals surface area contributed by atoms with Gasteiger partial charge in [0.25, 0.3) is 0 Å². The molecule has 0 aliphatic rings. The zero-order valence-electron chi connectivity index (χ0n) is 7.77. The maximum Gasteiger partial charge on any atom is 0.157 e. The maximum absolute atomic E-state index is 7.39. The van der Waals surface area contributed by atoms with Crippen molar-refractivity contribution in [1.29, 1.82) is 0 Å². The van der Waals surface area contributed by atoms with Crippen LogP contribution >= 0.6 is 11.6 Å². The molecule has 1 N–H and O–H groups in total. The summed E-state index contributed by atoms with van der Waals surface area (Å²) in [5.74, 6) is 0. The van der Waals surface area contributed by atoms with Crippen molar-refractivity contribution in [3.05, 3.63) is 23.5 Å². The van der Waals surface area contributed by atoms with Crippen molar-refractivity contribution < 1.29 is 4.11 Å². The van der Waals surface area contributed by atoms with Gasteiger partial charge in [-0.1, -0.05) is 11.6 Å². The first-order chi connectivity index (χ1) is 6.09. The van der Waals surface area contributed by atoms with Gasteiger partial charge in [-0.3, -0.25) is 0 Å². The van der Waals surface area contributed by atoms with Crippen LogP contribution in [0, 0.1) is 0 Å². The molecule has 0 saturated heterocycles. The van der Waals surface area contributed by atoms with E-state index in [1.54, 1.807) is 0 Å². The molecule has 2 aromatic heterocycles. The first-order valence-electron chi connectivity index (χ1n) is 4.08. The molecule has 2 heterocycles. The number of hydrogen-bond donors (Lipinski definition) is 1. The predicted octanol–water partition coefficient (Wildman–Crippen LogP) is 1.61. The molecule has 0 aliphatic heterocycles. The van der Waals surface area contributed by atoms with Crippen LogP contribution in [0.4, 0.5) is 0 Å². The number of halogens is 1. The summed E-state index contributed by atoms with van der Waals surface area (Å²) in [4.78, 5) is 10.0. The lowest BCUT2D eigenvalue weighted by atomic mass is 10.5. The lowest BCUT2D eigenvalue weighted by molar-refractivity contribution is 1.26. The van der Waals surface area contributed by atoms with E-state index in [1.165, 1.54) is 0 Å². The van der Waals surface area contributed by atoms with E-state index < -0.39 is 0 Å². The monoisotopic (exact) mass is 156 g/mol. The Hall–Kier alpha value is -1.09. The van der Waals surface area contributed by atoms with Gasteiger partial charge in [0.15, 0.2) is 5.65 Å². The van der Waals surface area contributed by atoms with Crippen LogP contribution < -0.4 is 0 Å². The Morgan fingerprint density at radius 2 is 2.60 bits per heavy atom. The number of H-pyrrole nitrogens is 1. The Morgan fingerprint density at radius 3 is 3.50 bits per heavy atom. The Labute approximate surface area is 66.3 Å². The van der Waals surface area contributed by atoms with Crippen LogP contribution in [0.25, 0.3) is 11.2 Å². The van der Waals surface area contributed by atoms with Gasteiger partial charge in [0, 0.05) is 6.17 Å². The first-order valence-corrected chi connectivity index (χ1v) is 2.96. The summed E-state index contributed by atoms with van der Waals surface area (Å²) in [6.45, 7) is 0. The minimum Gasteiger partial charge on any atom is -0.345 e. The number of nitrogens with zero attached hydrogens (tertiary/aromatic N) is 2. The lowest BCUT2D eigenvalue weighted by Gasteiger charge is -1.87. The smallest absolute Gasteiger partial charge is 0.157 e. The summed E-state index contributed by atoms with van der Waals surface area (Å²) in [5, 5.41) is -0.0336. The minimum atomic E-state index is -0.179. The van der Waals surface area contributed by atoms with Crippen molar-refractivity contribution in [2.45, 2.75) is 0 Å². The second-order valence-electron chi connectivity index (χ2n) is 1.70. The lowest BCUT2D eigenvalue weighted by Crippen LogP contribution is -1.79. The van der Waals surface area contributed by atoms with E-state index in [-0.39, 0.29) is 34.7 Å². The molecule has 0 aliphatic carbocycles. The van der Waals surface area contributed by atoms with Crippen molar-refractivity contribution >= 4 is 22.8 Å². The molecule has 10 heavy (non-hydrogen) atoms. The van der Waals surface area contributed by atoms with E-state index in [2.05, 4.69) is 15.0 Å². The third-order valence-electron chi connectivity index (χ3n) is 1.06. The van der Waals surface area contributed by atoms with Crippen LogP contribution in [0.3, 0.4) is 0 Å². The van der Waals surface area contributed by atoms with E-state index in [0.29, 0.717) is 0 Å². The molecule has 0 amide bonds. The van der Waals surface area contributed by atoms with Crippen LogP contribution in [0.5, 0.6) is 0 Å². The van der Waals surface area contributed by atoms with Crippen LogP contribution in [0.1, 0.15) is 4.11 Å². The number of aromatic amines is 1. The number of rotatable bonds is 0. The molecule has 0 radical (unpaired) electrons. The number of hydrogen-bond acceptors (Lipinski definition) is 2. The van der Waals surface area contributed by atoms with E-state index >= 15 is 0 Å². The van der Waals surface area contributed by atoms with Crippen molar-refractivity contribution in [2.75, 3.05) is 0 Å². The highest BCUT2D eigenvalue weighted by Gasteiger charge is 1.95. The summed E-state index contributed by atoms with van der Waals surface area (Å²) < 4.78 is 21.9. The summed E-state index contributed by atoms with van der Waals surface area (Å²) in [6.07, 6.45) is -0.252. The number of nitrogens with one attached hydrogen (secondary N) is 1. The van der Waals surface area contributed by atoms with Gasteiger partial charge in [-0.2, -0.15) is 0 Å². The minimum absolute atomic E-state index is 0.0336. The molecular weight excluding hydrogens is 150 g/mol. The Balaban J connectivity index is 2.89. The van der Waals surface area contributed by atoms with Crippen LogP contribution in [0.2, 0.25) is 5.15 Å². The van der Waals surface area contributed by atoms with Gasteiger partial charge in [0.05, 0.1) is 10.3 Å². The van der Waals surface area contributed by atoms with Gasteiger partial charge in [0.2, 0.25) is 0 Å². The van der Waals surface area contributed by atoms with Crippen molar-refractivity contribution in [1.82, 2.24) is 15.0 Å². The van der Waals surface area contributed by atoms with Crippen molar-refractivity contribution in [3.63, 3.8) is 0 Å². The quantitative estimate of drug-likeness (QED) is 0.630. The van der Waals surface area contributed by atoms with Gasteiger partial charge in [0.1, 0.15) is 10.7 Å². The highest BCUT2D eigenvalue weighted by atomic mass is 35.5. The van der Waals surface area contributed by atoms with Gasteiger partial charge in [-0.15, -0.1) is 0 Å². The molecule has 0 bridgehead atoms. The van der Waals surface area contributed by atoms with E-state index in [0.717, 1.165) is 0 Å². The zero-order chi connectivity index (χ0) is 9.59. The molecule has 0 atom stereocenters. The highest BCUT2D eigenvalue weighted by Crippen LogP contribution is 2.08. The molecule has 2 aromatic rings. The fourth-order valence-corrected chi connectivity index (χ4v) is 0.782. The molecular formula is C6H4ClN3. The average Bonchev–Trinajstić information content (AvgIpc) is 2.32. The average molecular weight is 157 g/mol. The maximum atomic E-state index is 7.39. The van der Waals surface area contributed by atoms with Gasteiger partial charge in [-0.05, 0) is 6.04 Å². The van der Waals surface area contributed by atoms with E-state index in [1.807, 2.05) is 0 Å². The Kier molecular flexibility index (Phi) is 0.653. The second kappa shape index (κ2) is 1.95. The van der Waals surface area contributed by atoms with E-state index in [9.17, 15) is 0 Å². The number of fused-ring (bicyclic) bond motifs is 1. The summed E-state index contributed by atoms with van der Waals surface area (Å²) >= 11 is 5.55. The van der Waals surface area contributed by atoms with Crippen LogP contribution in [-0.2, 0) is 0 Å². The summed E-state index contributed by atoms with van der Waals surface area (Å²) in [5.41, 5.74) is 0.482. The van der Waals surface area contributed by atoms with Crippen LogP contribution in [-0.4, -0.2) is 15.0 Å². The summed E-state index contributed by atoms with van der Waals surface area (Å²) in [7, 11) is 0. The molecule has 0 unspecified atom stereocenters. The third-order valence-corrected chi connectivity index (χ3v) is 1.23.